The lowest BCUT2D eigenvalue weighted by atomic mass is 10.2. The Morgan fingerprint density at radius 3 is 2.91 bits per heavy atom. The van der Waals surface area contributed by atoms with Crippen LogP contribution in [0.3, 0.4) is 0 Å². The van der Waals surface area contributed by atoms with E-state index in [4.69, 9.17) is 0 Å². The Kier molecular flexibility index (Phi) is 2.76. The highest BCUT2D eigenvalue weighted by atomic mass is 32.1. The van der Waals surface area contributed by atoms with E-state index in [-0.39, 0.29) is 0 Å². The molecule has 3 heteroatoms. The summed E-state index contributed by atoms with van der Waals surface area (Å²) in [5, 5.41) is 11.3. The third-order valence-corrected chi connectivity index (χ3v) is 1.83. The highest BCUT2D eigenvalue weighted by molar-refractivity contribution is 7.80. The smallest absolute Gasteiger partial charge is 0.248 e. The molecule has 0 unspecified atom stereocenters. The fourth-order valence-corrected chi connectivity index (χ4v) is 1.19. The average molecular weight is 169 g/mol. The van der Waals surface area contributed by atoms with Crippen LogP contribution in [0.25, 0.3) is 0 Å². The second kappa shape index (κ2) is 3.62. The van der Waals surface area contributed by atoms with Gasteiger partial charge < -0.3 is 5.21 Å². The van der Waals surface area contributed by atoms with Crippen molar-refractivity contribution in [3.05, 3.63) is 29.1 Å². The van der Waals surface area contributed by atoms with Crippen LogP contribution in [0.5, 0.6) is 0 Å². The zero-order valence-corrected chi connectivity index (χ0v) is 7.34. The Morgan fingerprint density at radius 2 is 2.36 bits per heavy atom. The van der Waals surface area contributed by atoms with Crippen LogP contribution < -0.4 is 4.73 Å². The summed E-state index contributed by atoms with van der Waals surface area (Å²) in [4.78, 5) is 0. The molecule has 0 saturated carbocycles. The number of rotatable bonds is 2. The van der Waals surface area contributed by atoms with Gasteiger partial charge in [0.1, 0.15) is 0 Å². The first-order valence-corrected chi connectivity index (χ1v) is 4.10. The summed E-state index contributed by atoms with van der Waals surface area (Å²) >= 11 is 4.01. The van der Waals surface area contributed by atoms with Crippen LogP contribution in [0.4, 0.5) is 0 Å². The van der Waals surface area contributed by atoms with Crippen LogP contribution >= 0.6 is 12.6 Å². The standard InChI is InChI=1S/C8H11NOS/c1-2-3-7-4-5-9(10)8(11)6-7/h4-6,11H,2-3H2,1H3. The summed E-state index contributed by atoms with van der Waals surface area (Å²) in [5.41, 5.74) is 1.17. The molecule has 0 radical (unpaired) electrons. The number of hydrogen-bond donors (Lipinski definition) is 1. The number of aryl methyl sites for hydroxylation is 1. The molecule has 1 heterocycles. The molecule has 0 aliphatic rings. The topological polar surface area (TPSA) is 26.9 Å². The van der Waals surface area contributed by atoms with E-state index in [0.717, 1.165) is 17.6 Å². The Hall–Kier alpha value is -0.700. The second-order valence-corrected chi connectivity index (χ2v) is 2.93. The van der Waals surface area contributed by atoms with Gasteiger partial charge >= 0.3 is 0 Å². The fraction of sp³-hybridized carbons (Fsp3) is 0.375. The van der Waals surface area contributed by atoms with Crippen molar-refractivity contribution in [3.8, 4) is 0 Å². The number of thiol groups is 1. The van der Waals surface area contributed by atoms with E-state index < -0.39 is 0 Å². The minimum atomic E-state index is 0.468. The van der Waals surface area contributed by atoms with Crippen molar-refractivity contribution in [1.82, 2.24) is 0 Å². The van der Waals surface area contributed by atoms with Gasteiger partial charge in [-0.25, -0.2) is 0 Å². The summed E-state index contributed by atoms with van der Waals surface area (Å²) in [6.07, 6.45) is 3.60. The minimum Gasteiger partial charge on any atom is -0.618 e. The van der Waals surface area contributed by atoms with Crippen LogP contribution in [-0.2, 0) is 6.42 Å². The number of nitrogens with zero attached hydrogens (tertiary/aromatic N) is 1. The van der Waals surface area contributed by atoms with Crippen molar-refractivity contribution in [1.29, 1.82) is 0 Å². The summed E-state index contributed by atoms with van der Waals surface area (Å²) in [5.74, 6) is 0. The van der Waals surface area contributed by atoms with E-state index in [1.807, 2.05) is 6.07 Å². The van der Waals surface area contributed by atoms with Gasteiger partial charge in [0.25, 0.3) is 0 Å². The summed E-state index contributed by atoms with van der Waals surface area (Å²) < 4.78 is 0.752. The number of pyridine rings is 1. The molecule has 0 saturated heterocycles. The third-order valence-electron chi connectivity index (χ3n) is 1.50. The molecule has 0 aliphatic heterocycles. The molecule has 0 bridgehead atoms. The van der Waals surface area contributed by atoms with Gasteiger partial charge in [0, 0.05) is 12.1 Å². The molecular weight excluding hydrogens is 158 g/mol. The van der Waals surface area contributed by atoms with Gasteiger partial charge in [0.15, 0.2) is 6.20 Å². The maximum Gasteiger partial charge on any atom is 0.248 e. The first-order chi connectivity index (χ1) is 5.24. The minimum absolute atomic E-state index is 0.468. The molecule has 0 N–H and O–H groups in total. The first-order valence-electron chi connectivity index (χ1n) is 3.65. The van der Waals surface area contributed by atoms with Gasteiger partial charge in [-0.1, -0.05) is 26.0 Å². The van der Waals surface area contributed by atoms with E-state index in [0.29, 0.717) is 5.03 Å². The molecule has 1 aromatic heterocycles. The predicted octanol–water partition coefficient (Wildman–Crippen LogP) is 1.56. The molecule has 11 heavy (non-hydrogen) atoms. The van der Waals surface area contributed by atoms with Crippen LogP contribution in [0.15, 0.2) is 23.4 Å². The summed E-state index contributed by atoms with van der Waals surface area (Å²) in [6.45, 7) is 2.11. The van der Waals surface area contributed by atoms with Crippen molar-refractivity contribution >= 4 is 12.6 Å². The van der Waals surface area contributed by atoms with Gasteiger partial charge in [0.2, 0.25) is 5.03 Å². The number of aromatic nitrogens is 1. The van der Waals surface area contributed by atoms with Crippen molar-refractivity contribution in [3.63, 3.8) is 0 Å². The van der Waals surface area contributed by atoms with Crippen LogP contribution in [0.2, 0.25) is 0 Å². The van der Waals surface area contributed by atoms with Crippen LogP contribution in [-0.4, -0.2) is 0 Å². The van der Waals surface area contributed by atoms with Gasteiger partial charge in [-0.2, -0.15) is 4.73 Å². The van der Waals surface area contributed by atoms with E-state index in [2.05, 4.69) is 19.6 Å². The third kappa shape index (κ3) is 2.12. The van der Waals surface area contributed by atoms with Gasteiger partial charge in [-0.3, -0.25) is 0 Å². The van der Waals surface area contributed by atoms with Crippen LogP contribution in [0, 0.1) is 5.21 Å². The molecular formula is C8H11NOS. The monoisotopic (exact) mass is 169 g/mol. The quantitative estimate of drug-likeness (QED) is 0.406. The SMILES string of the molecule is CCCc1cc[n+]([O-])c(S)c1. The van der Waals surface area contributed by atoms with Gasteiger partial charge in [-0.15, -0.1) is 0 Å². The Balaban J connectivity index is 2.86. The molecule has 1 rings (SSSR count). The van der Waals surface area contributed by atoms with Crippen LogP contribution in [0.1, 0.15) is 18.9 Å². The van der Waals surface area contributed by atoms with Crippen molar-refractivity contribution in [2.45, 2.75) is 24.8 Å². The second-order valence-electron chi connectivity index (χ2n) is 2.47. The van der Waals surface area contributed by atoms with Crippen molar-refractivity contribution in [2.75, 3.05) is 0 Å². The highest BCUT2D eigenvalue weighted by Crippen LogP contribution is 2.05. The lowest BCUT2D eigenvalue weighted by molar-refractivity contribution is -0.645. The highest BCUT2D eigenvalue weighted by Gasteiger charge is 1.99. The molecule has 0 atom stereocenters. The largest absolute Gasteiger partial charge is 0.618 e. The first kappa shape index (κ1) is 8.40. The summed E-state index contributed by atoms with van der Waals surface area (Å²) in [6, 6.07) is 3.63. The normalized spacial score (nSPS) is 10.0. The van der Waals surface area contributed by atoms with E-state index in [1.54, 1.807) is 6.07 Å². The Bertz CT molecular complexity index is 250. The van der Waals surface area contributed by atoms with Crippen molar-refractivity contribution in [2.24, 2.45) is 0 Å². The molecule has 60 valence electrons. The lowest BCUT2D eigenvalue weighted by Crippen LogP contribution is -2.27. The van der Waals surface area contributed by atoms with Crippen molar-refractivity contribution < 1.29 is 4.73 Å². The molecule has 1 aromatic rings. The maximum atomic E-state index is 10.8. The maximum absolute atomic E-state index is 10.8. The Labute approximate surface area is 71.9 Å². The van der Waals surface area contributed by atoms with E-state index in [1.165, 1.54) is 11.8 Å². The summed E-state index contributed by atoms with van der Waals surface area (Å²) in [7, 11) is 0. The van der Waals surface area contributed by atoms with E-state index >= 15 is 0 Å². The number of hydrogen-bond acceptors (Lipinski definition) is 2. The predicted molar refractivity (Wildman–Crippen MR) is 46.6 cm³/mol. The molecule has 0 aromatic carbocycles. The molecule has 0 fully saturated rings. The fourth-order valence-electron chi connectivity index (χ4n) is 0.962. The molecule has 0 spiro atoms. The Morgan fingerprint density at radius 1 is 1.64 bits per heavy atom. The zero-order valence-electron chi connectivity index (χ0n) is 6.45. The average Bonchev–Trinajstić information content (AvgIpc) is 1.98. The molecule has 0 amide bonds. The molecule has 0 aliphatic carbocycles. The molecule has 2 nitrogen and oxygen atoms in total. The lowest BCUT2D eigenvalue weighted by Gasteiger charge is -2.00. The van der Waals surface area contributed by atoms with Gasteiger partial charge in [0.05, 0.1) is 0 Å². The van der Waals surface area contributed by atoms with E-state index in [9.17, 15) is 5.21 Å². The zero-order chi connectivity index (χ0) is 8.27. The van der Waals surface area contributed by atoms with Gasteiger partial charge in [-0.05, 0) is 12.0 Å².